The summed E-state index contributed by atoms with van der Waals surface area (Å²) in [7, 11) is -2.29. The number of nitrogens with one attached hydrogen (secondary N) is 1. The van der Waals surface area contributed by atoms with E-state index in [0.717, 1.165) is 0 Å². The Balaban J connectivity index is 2.38. The number of hydrogen-bond acceptors (Lipinski definition) is 4. The zero-order valence-electron chi connectivity index (χ0n) is 10.9. The lowest BCUT2D eigenvalue weighted by molar-refractivity contribution is 0.0696. The molecular formula is C12H13N3O4S. The van der Waals surface area contributed by atoms with Crippen molar-refractivity contribution in [2.24, 2.45) is 7.05 Å². The van der Waals surface area contributed by atoms with Crippen molar-refractivity contribution in [3.63, 3.8) is 0 Å². The van der Waals surface area contributed by atoms with Crippen LogP contribution in [-0.2, 0) is 17.1 Å². The highest BCUT2D eigenvalue weighted by Gasteiger charge is 2.19. The number of sulfonamides is 1. The van der Waals surface area contributed by atoms with E-state index in [4.69, 9.17) is 5.11 Å². The van der Waals surface area contributed by atoms with Gasteiger partial charge in [-0.25, -0.2) is 4.79 Å². The van der Waals surface area contributed by atoms with Crippen molar-refractivity contribution in [3.05, 3.63) is 41.6 Å². The standard InChI is InChI=1S/C12H13N3O4S/c1-8-3-4-9(7-10(8)12(16)17)14-20(18,19)11-5-6-13-15(11)2/h3-7,14H,1-2H3,(H,16,17). The lowest BCUT2D eigenvalue weighted by Crippen LogP contribution is -2.17. The van der Waals surface area contributed by atoms with E-state index in [9.17, 15) is 13.2 Å². The molecule has 0 saturated carbocycles. The zero-order valence-corrected chi connectivity index (χ0v) is 11.7. The van der Waals surface area contributed by atoms with E-state index < -0.39 is 16.0 Å². The van der Waals surface area contributed by atoms with Gasteiger partial charge in [0.2, 0.25) is 0 Å². The average molecular weight is 295 g/mol. The number of hydrogen-bond donors (Lipinski definition) is 2. The molecule has 0 unspecified atom stereocenters. The number of aromatic nitrogens is 2. The van der Waals surface area contributed by atoms with E-state index in [0.29, 0.717) is 5.56 Å². The monoisotopic (exact) mass is 295 g/mol. The Morgan fingerprint density at radius 1 is 1.35 bits per heavy atom. The summed E-state index contributed by atoms with van der Waals surface area (Å²) in [5.41, 5.74) is 0.797. The van der Waals surface area contributed by atoms with Crippen molar-refractivity contribution in [2.75, 3.05) is 4.72 Å². The van der Waals surface area contributed by atoms with Crippen molar-refractivity contribution < 1.29 is 18.3 Å². The molecule has 0 spiro atoms. The molecule has 0 aliphatic heterocycles. The van der Waals surface area contributed by atoms with E-state index >= 15 is 0 Å². The molecule has 8 heteroatoms. The first-order valence-electron chi connectivity index (χ1n) is 5.66. The largest absolute Gasteiger partial charge is 0.478 e. The van der Waals surface area contributed by atoms with Gasteiger partial charge in [-0.3, -0.25) is 9.40 Å². The molecule has 2 aromatic rings. The minimum atomic E-state index is -3.80. The van der Waals surface area contributed by atoms with Gasteiger partial charge >= 0.3 is 5.97 Å². The highest BCUT2D eigenvalue weighted by Crippen LogP contribution is 2.19. The van der Waals surface area contributed by atoms with Gasteiger partial charge in [0.05, 0.1) is 11.8 Å². The third kappa shape index (κ3) is 2.64. The Hall–Kier alpha value is -2.35. The summed E-state index contributed by atoms with van der Waals surface area (Å²) in [5.74, 6) is -1.11. The van der Waals surface area contributed by atoms with Crippen LogP contribution in [0.4, 0.5) is 5.69 Å². The van der Waals surface area contributed by atoms with Crippen molar-refractivity contribution >= 4 is 21.7 Å². The number of aromatic carboxylic acids is 1. The van der Waals surface area contributed by atoms with E-state index in [1.165, 1.54) is 36.1 Å². The van der Waals surface area contributed by atoms with E-state index in [1.807, 2.05) is 0 Å². The molecule has 0 saturated heterocycles. The van der Waals surface area contributed by atoms with Crippen LogP contribution in [-0.4, -0.2) is 29.3 Å². The molecule has 1 heterocycles. The predicted octanol–water partition coefficient (Wildman–Crippen LogP) is 1.23. The minimum Gasteiger partial charge on any atom is -0.478 e. The van der Waals surface area contributed by atoms with E-state index in [2.05, 4.69) is 9.82 Å². The Morgan fingerprint density at radius 3 is 2.60 bits per heavy atom. The summed E-state index contributed by atoms with van der Waals surface area (Å²) in [6, 6.07) is 5.69. The van der Waals surface area contributed by atoms with Crippen LogP contribution in [0.5, 0.6) is 0 Å². The quantitative estimate of drug-likeness (QED) is 0.883. The molecule has 1 aromatic carbocycles. The van der Waals surface area contributed by atoms with Gasteiger partial charge in [0.15, 0.2) is 5.03 Å². The first-order valence-corrected chi connectivity index (χ1v) is 7.14. The van der Waals surface area contributed by atoms with Crippen molar-refractivity contribution in [1.29, 1.82) is 0 Å². The van der Waals surface area contributed by atoms with Gasteiger partial charge in [-0.2, -0.15) is 13.5 Å². The van der Waals surface area contributed by atoms with Gasteiger partial charge in [-0.15, -0.1) is 0 Å². The SMILES string of the molecule is Cc1ccc(NS(=O)(=O)c2ccnn2C)cc1C(=O)O. The Kier molecular flexibility index (Phi) is 3.49. The molecule has 1 aromatic heterocycles. The fourth-order valence-electron chi connectivity index (χ4n) is 1.75. The third-order valence-corrected chi connectivity index (χ3v) is 4.23. The van der Waals surface area contributed by atoms with Gasteiger partial charge in [0.25, 0.3) is 10.0 Å². The maximum atomic E-state index is 12.1. The molecular weight excluding hydrogens is 282 g/mol. The number of carboxylic acids is 1. The Labute approximate surface area is 115 Å². The Bertz CT molecular complexity index is 765. The third-order valence-electron chi connectivity index (χ3n) is 2.77. The number of carboxylic acid groups (broad SMARTS) is 1. The van der Waals surface area contributed by atoms with Crippen LogP contribution in [0.25, 0.3) is 0 Å². The molecule has 2 N–H and O–H groups in total. The summed E-state index contributed by atoms with van der Waals surface area (Å²) in [4.78, 5) is 11.0. The first kappa shape index (κ1) is 14.1. The highest BCUT2D eigenvalue weighted by atomic mass is 32.2. The molecule has 106 valence electrons. The maximum absolute atomic E-state index is 12.1. The number of benzene rings is 1. The number of anilines is 1. The van der Waals surface area contributed by atoms with Gasteiger partial charge < -0.3 is 5.11 Å². The van der Waals surface area contributed by atoms with E-state index in [-0.39, 0.29) is 16.3 Å². The second-order valence-electron chi connectivity index (χ2n) is 4.23. The summed E-state index contributed by atoms with van der Waals surface area (Å²) < 4.78 is 27.8. The second kappa shape index (κ2) is 4.97. The normalized spacial score (nSPS) is 11.3. The van der Waals surface area contributed by atoms with Crippen molar-refractivity contribution in [2.45, 2.75) is 11.9 Å². The number of rotatable bonds is 4. The second-order valence-corrected chi connectivity index (χ2v) is 5.86. The maximum Gasteiger partial charge on any atom is 0.336 e. The zero-order chi connectivity index (χ0) is 14.9. The van der Waals surface area contributed by atoms with Crippen LogP contribution >= 0.6 is 0 Å². The van der Waals surface area contributed by atoms with Gasteiger partial charge in [0, 0.05) is 12.7 Å². The fourth-order valence-corrected chi connectivity index (χ4v) is 2.93. The average Bonchev–Trinajstić information content (AvgIpc) is 2.78. The number of carbonyl (C=O) groups is 1. The molecule has 0 aliphatic rings. The highest BCUT2D eigenvalue weighted by molar-refractivity contribution is 7.92. The summed E-state index contributed by atoms with van der Waals surface area (Å²) in [5, 5.41) is 12.8. The van der Waals surface area contributed by atoms with Crippen LogP contribution in [0.1, 0.15) is 15.9 Å². The first-order chi connectivity index (χ1) is 9.31. The van der Waals surface area contributed by atoms with Gasteiger partial charge in [0.1, 0.15) is 0 Å². The predicted molar refractivity (Wildman–Crippen MR) is 72.2 cm³/mol. The lowest BCUT2D eigenvalue weighted by Gasteiger charge is -2.09. The smallest absolute Gasteiger partial charge is 0.336 e. The molecule has 0 aliphatic carbocycles. The molecule has 0 fully saturated rings. The summed E-state index contributed by atoms with van der Waals surface area (Å²) in [6.45, 7) is 1.64. The van der Waals surface area contributed by atoms with Gasteiger partial charge in [-0.1, -0.05) is 6.07 Å². The van der Waals surface area contributed by atoms with Gasteiger partial charge in [-0.05, 0) is 30.7 Å². The van der Waals surface area contributed by atoms with Crippen LogP contribution in [0.3, 0.4) is 0 Å². The molecule has 0 bridgehead atoms. The molecule has 20 heavy (non-hydrogen) atoms. The summed E-state index contributed by atoms with van der Waals surface area (Å²) in [6.07, 6.45) is 1.37. The number of aryl methyl sites for hydroxylation is 2. The van der Waals surface area contributed by atoms with Crippen molar-refractivity contribution in [3.8, 4) is 0 Å². The van der Waals surface area contributed by atoms with Crippen LogP contribution < -0.4 is 4.72 Å². The Morgan fingerprint density at radius 2 is 2.05 bits per heavy atom. The van der Waals surface area contributed by atoms with E-state index in [1.54, 1.807) is 13.0 Å². The van der Waals surface area contributed by atoms with Crippen molar-refractivity contribution in [1.82, 2.24) is 9.78 Å². The fraction of sp³-hybridized carbons (Fsp3) is 0.167. The van der Waals surface area contributed by atoms with Crippen LogP contribution in [0.2, 0.25) is 0 Å². The molecule has 2 rings (SSSR count). The number of nitrogens with zero attached hydrogens (tertiary/aromatic N) is 2. The minimum absolute atomic E-state index is 0.00468. The summed E-state index contributed by atoms with van der Waals surface area (Å²) >= 11 is 0. The van der Waals surface area contributed by atoms with Crippen LogP contribution in [0, 0.1) is 6.92 Å². The molecule has 0 radical (unpaired) electrons. The molecule has 7 nitrogen and oxygen atoms in total. The molecule has 0 atom stereocenters. The van der Waals surface area contributed by atoms with Crippen LogP contribution in [0.15, 0.2) is 35.5 Å². The topological polar surface area (TPSA) is 101 Å². The molecule has 0 amide bonds. The lowest BCUT2D eigenvalue weighted by atomic mass is 10.1.